The van der Waals surface area contributed by atoms with Crippen molar-refractivity contribution in [2.24, 2.45) is 5.73 Å². The Kier molecular flexibility index (Phi) is 4.93. The minimum atomic E-state index is -4.58. The Morgan fingerprint density at radius 2 is 2.00 bits per heavy atom. The van der Waals surface area contributed by atoms with E-state index in [0.29, 0.717) is 0 Å². The van der Waals surface area contributed by atoms with Crippen LogP contribution in [0.5, 0.6) is 0 Å². The lowest BCUT2D eigenvalue weighted by atomic mass is 10.1. The molecule has 0 bridgehead atoms. The molecule has 0 radical (unpaired) electrons. The van der Waals surface area contributed by atoms with Crippen LogP contribution in [0.25, 0.3) is 0 Å². The Bertz CT molecular complexity index is 531. The van der Waals surface area contributed by atoms with Gasteiger partial charge in [-0.1, -0.05) is 12.2 Å². The van der Waals surface area contributed by atoms with E-state index in [1.54, 1.807) is 0 Å². The summed E-state index contributed by atoms with van der Waals surface area (Å²) in [5, 5.41) is 5.07. The van der Waals surface area contributed by atoms with Crippen LogP contribution in [-0.4, -0.2) is 24.0 Å². The Morgan fingerprint density at radius 1 is 1.40 bits per heavy atom. The molecule has 8 heteroatoms. The Hall–Kier alpha value is -1.83. The summed E-state index contributed by atoms with van der Waals surface area (Å²) in [5.74, 6) is -0.336. The van der Waals surface area contributed by atoms with E-state index >= 15 is 0 Å². The van der Waals surface area contributed by atoms with Crippen LogP contribution in [0.3, 0.4) is 0 Å². The first kappa shape index (κ1) is 16.2. The standard InChI is InChI=1S/C12H14F3N3OS/c1-6(11(19)17-2)18-7-3-4-8(10(16)20)9(5-7)12(13,14)15/h3-6,18H,1-2H3,(H2,16,20)(H,17,19). The van der Waals surface area contributed by atoms with E-state index in [4.69, 9.17) is 5.73 Å². The Balaban J connectivity index is 3.14. The molecule has 0 heterocycles. The number of anilines is 1. The number of hydrogen-bond donors (Lipinski definition) is 3. The number of likely N-dealkylation sites (N-methyl/N-ethyl adjacent to an activating group) is 1. The number of amides is 1. The molecule has 20 heavy (non-hydrogen) atoms. The van der Waals surface area contributed by atoms with Crippen molar-refractivity contribution in [2.45, 2.75) is 19.1 Å². The summed E-state index contributed by atoms with van der Waals surface area (Å²) >= 11 is 4.60. The minimum absolute atomic E-state index is 0.161. The molecular weight excluding hydrogens is 291 g/mol. The van der Waals surface area contributed by atoms with Crippen LogP contribution in [0.4, 0.5) is 18.9 Å². The lowest BCUT2D eigenvalue weighted by Crippen LogP contribution is -2.35. The number of alkyl halides is 3. The average molecular weight is 305 g/mol. The minimum Gasteiger partial charge on any atom is -0.389 e. The molecule has 1 rings (SSSR count). The lowest BCUT2D eigenvalue weighted by molar-refractivity contribution is -0.137. The van der Waals surface area contributed by atoms with Gasteiger partial charge in [0.1, 0.15) is 11.0 Å². The van der Waals surface area contributed by atoms with Gasteiger partial charge < -0.3 is 16.4 Å². The van der Waals surface area contributed by atoms with Gasteiger partial charge in [-0.25, -0.2) is 0 Å². The number of nitrogens with two attached hydrogens (primary N) is 1. The van der Waals surface area contributed by atoms with E-state index in [-0.39, 0.29) is 22.1 Å². The normalized spacial score (nSPS) is 12.7. The molecule has 0 aliphatic carbocycles. The largest absolute Gasteiger partial charge is 0.417 e. The van der Waals surface area contributed by atoms with E-state index < -0.39 is 17.8 Å². The summed E-state index contributed by atoms with van der Waals surface area (Å²) in [6, 6.07) is 2.79. The first-order chi connectivity index (χ1) is 9.16. The van der Waals surface area contributed by atoms with Gasteiger partial charge in [0.2, 0.25) is 5.91 Å². The average Bonchev–Trinajstić information content (AvgIpc) is 2.36. The molecule has 0 saturated heterocycles. The molecule has 0 aliphatic heterocycles. The van der Waals surface area contributed by atoms with Crippen molar-refractivity contribution in [1.82, 2.24) is 5.32 Å². The zero-order valence-corrected chi connectivity index (χ0v) is 11.7. The molecule has 4 N–H and O–H groups in total. The molecule has 0 aromatic heterocycles. The fourth-order valence-corrected chi connectivity index (χ4v) is 1.79. The Morgan fingerprint density at radius 3 is 2.45 bits per heavy atom. The molecule has 0 fully saturated rings. The van der Waals surface area contributed by atoms with Crippen LogP contribution in [0.1, 0.15) is 18.1 Å². The second-order valence-corrected chi connectivity index (χ2v) is 4.54. The third kappa shape index (κ3) is 3.83. The highest BCUT2D eigenvalue weighted by Gasteiger charge is 2.34. The number of halogens is 3. The van der Waals surface area contributed by atoms with Crippen LogP contribution < -0.4 is 16.4 Å². The smallest absolute Gasteiger partial charge is 0.389 e. The van der Waals surface area contributed by atoms with Crippen molar-refractivity contribution in [3.8, 4) is 0 Å². The monoisotopic (exact) mass is 305 g/mol. The fraction of sp³-hybridized carbons (Fsp3) is 0.333. The number of hydrogen-bond acceptors (Lipinski definition) is 3. The summed E-state index contributed by atoms with van der Waals surface area (Å²) in [7, 11) is 1.44. The quantitative estimate of drug-likeness (QED) is 0.743. The third-order valence-electron chi connectivity index (χ3n) is 2.61. The van der Waals surface area contributed by atoms with Gasteiger partial charge in [-0.2, -0.15) is 13.2 Å². The summed E-state index contributed by atoms with van der Waals surface area (Å²) in [4.78, 5) is 11.0. The number of nitrogens with one attached hydrogen (secondary N) is 2. The fourth-order valence-electron chi connectivity index (χ4n) is 1.62. The van der Waals surface area contributed by atoms with Crippen LogP contribution in [0, 0.1) is 0 Å². The number of carbonyl (C=O) groups is 1. The van der Waals surface area contributed by atoms with Gasteiger partial charge in [0, 0.05) is 18.3 Å². The van der Waals surface area contributed by atoms with E-state index in [1.165, 1.54) is 26.1 Å². The lowest BCUT2D eigenvalue weighted by Gasteiger charge is -2.17. The molecule has 0 spiro atoms. The number of carbonyl (C=O) groups excluding carboxylic acids is 1. The molecule has 1 amide bonds. The van der Waals surface area contributed by atoms with Crippen molar-refractivity contribution >= 4 is 28.8 Å². The molecular formula is C12H14F3N3OS. The summed E-state index contributed by atoms with van der Waals surface area (Å²) in [6.45, 7) is 1.54. The van der Waals surface area contributed by atoms with E-state index in [0.717, 1.165) is 6.07 Å². The van der Waals surface area contributed by atoms with Gasteiger partial charge in [-0.05, 0) is 25.1 Å². The van der Waals surface area contributed by atoms with Gasteiger partial charge >= 0.3 is 6.18 Å². The van der Waals surface area contributed by atoms with Crippen molar-refractivity contribution in [2.75, 3.05) is 12.4 Å². The first-order valence-corrected chi connectivity index (χ1v) is 6.06. The molecule has 1 atom stereocenters. The zero-order valence-electron chi connectivity index (χ0n) is 10.8. The maximum atomic E-state index is 12.9. The maximum Gasteiger partial charge on any atom is 0.417 e. The summed E-state index contributed by atoms with van der Waals surface area (Å²) in [6.07, 6.45) is -4.58. The number of benzene rings is 1. The van der Waals surface area contributed by atoms with Crippen LogP contribution in [0.15, 0.2) is 18.2 Å². The highest BCUT2D eigenvalue weighted by molar-refractivity contribution is 7.80. The highest BCUT2D eigenvalue weighted by Crippen LogP contribution is 2.34. The van der Waals surface area contributed by atoms with Crippen molar-refractivity contribution in [3.05, 3.63) is 29.3 Å². The van der Waals surface area contributed by atoms with Crippen LogP contribution >= 0.6 is 12.2 Å². The van der Waals surface area contributed by atoms with Crippen LogP contribution in [0.2, 0.25) is 0 Å². The van der Waals surface area contributed by atoms with Crippen LogP contribution in [-0.2, 0) is 11.0 Å². The van der Waals surface area contributed by atoms with Gasteiger partial charge in [-0.3, -0.25) is 4.79 Å². The molecule has 0 aliphatic rings. The van der Waals surface area contributed by atoms with Crippen molar-refractivity contribution in [3.63, 3.8) is 0 Å². The van der Waals surface area contributed by atoms with Crippen molar-refractivity contribution < 1.29 is 18.0 Å². The summed E-state index contributed by atoms with van der Waals surface area (Å²) in [5.41, 5.74) is 4.26. The Labute approximate surface area is 119 Å². The summed E-state index contributed by atoms with van der Waals surface area (Å²) < 4.78 is 38.8. The molecule has 1 aromatic carbocycles. The van der Waals surface area contributed by atoms with E-state index in [2.05, 4.69) is 22.9 Å². The predicted octanol–water partition coefficient (Wildman–Crippen LogP) is 1.89. The van der Waals surface area contributed by atoms with Gasteiger partial charge in [-0.15, -0.1) is 0 Å². The second-order valence-electron chi connectivity index (χ2n) is 4.10. The SMILES string of the molecule is CNC(=O)C(C)Nc1ccc(C(N)=S)c(C(F)(F)F)c1. The maximum absolute atomic E-state index is 12.9. The molecule has 110 valence electrons. The van der Waals surface area contributed by atoms with E-state index in [9.17, 15) is 18.0 Å². The van der Waals surface area contributed by atoms with Gasteiger partial charge in [0.25, 0.3) is 0 Å². The van der Waals surface area contributed by atoms with Gasteiger partial charge in [0.15, 0.2) is 0 Å². The second kappa shape index (κ2) is 6.08. The molecule has 1 unspecified atom stereocenters. The number of rotatable bonds is 4. The zero-order chi connectivity index (χ0) is 15.5. The topological polar surface area (TPSA) is 67.2 Å². The number of thiocarbonyl (C=S) groups is 1. The third-order valence-corrected chi connectivity index (χ3v) is 2.83. The molecule has 1 aromatic rings. The van der Waals surface area contributed by atoms with Gasteiger partial charge in [0.05, 0.1) is 5.56 Å². The van der Waals surface area contributed by atoms with E-state index in [1.807, 2.05) is 0 Å². The first-order valence-electron chi connectivity index (χ1n) is 5.66. The molecule has 4 nitrogen and oxygen atoms in total. The molecule has 0 saturated carbocycles. The predicted molar refractivity (Wildman–Crippen MR) is 74.5 cm³/mol. The van der Waals surface area contributed by atoms with Crippen molar-refractivity contribution in [1.29, 1.82) is 0 Å². The highest BCUT2D eigenvalue weighted by atomic mass is 32.1.